The average molecular weight is 241 g/mol. The van der Waals surface area contributed by atoms with Crippen LogP contribution in [-0.2, 0) is 6.54 Å². The molecule has 1 fully saturated rings. The molecule has 1 aliphatic rings. The van der Waals surface area contributed by atoms with Gasteiger partial charge in [0.25, 0.3) is 0 Å². The fraction of sp³-hybridized carbons (Fsp3) is 0.636. The molecule has 16 heavy (non-hydrogen) atoms. The highest BCUT2D eigenvalue weighted by Gasteiger charge is 2.19. The van der Waals surface area contributed by atoms with Gasteiger partial charge in [0.2, 0.25) is 0 Å². The summed E-state index contributed by atoms with van der Waals surface area (Å²) in [7, 11) is 2.02. The van der Waals surface area contributed by atoms with Crippen LogP contribution in [0.3, 0.4) is 0 Å². The van der Waals surface area contributed by atoms with Crippen LogP contribution in [-0.4, -0.2) is 41.0 Å². The number of hydrogen-bond donors (Lipinski definition) is 1. The van der Waals surface area contributed by atoms with Gasteiger partial charge in [0.15, 0.2) is 5.15 Å². The van der Waals surface area contributed by atoms with Gasteiger partial charge in [0, 0.05) is 31.5 Å². The summed E-state index contributed by atoms with van der Waals surface area (Å²) in [6.07, 6.45) is 5.80. The first kappa shape index (κ1) is 11.8. The lowest BCUT2D eigenvalue weighted by molar-refractivity contribution is 0.186. The molecule has 1 aliphatic heterocycles. The summed E-state index contributed by atoms with van der Waals surface area (Å²) in [6.45, 7) is 2.97. The van der Waals surface area contributed by atoms with E-state index in [9.17, 15) is 0 Å². The quantitative estimate of drug-likeness (QED) is 0.865. The molecule has 88 valence electrons. The highest BCUT2D eigenvalue weighted by molar-refractivity contribution is 6.29. The number of nitrogens with one attached hydrogen (secondary N) is 1. The lowest BCUT2D eigenvalue weighted by atomic mass is 10.1. The summed E-state index contributed by atoms with van der Waals surface area (Å²) in [5.41, 5.74) is 0.876. The van der Waals surface area contributed by atoms with Crippen LogP contribution < -0.4 is 5.32 Å². The van der Waals surface area contributed by atoms with Crippen LogP contribution in [0.4, 0.5) is 0 Å². The third kappa shape index (κ3) is 2.90. The van der Waals surface area contributed by atoms with Crippen molar-refractivity contribution in [3.05, 3.63) is 23.2 Å². The Labute approximate surface area is 101 Å². The lowest BCUT2D eigenvalue weighted by Crippen LogP contribution is -2.44. The normalized spacial score (nSPS) is 22.2. The van der Waals surface area contributed by atoms with Gasteiger partial charge in [0.1, 0.15) is 0 Å². The Morgan fingerprint density at radius 2 is 2.31 bits per heavy atom. The van der Waals surface area contributed by atoms with E-state index in [0.717, 1.165) is 25.3 Å². The van der Waals surface area contributed by atoms with E-state index in [0.29, 0.717) is 11.2 Å². The summed E-state index contributed by atoms with van der Waals surface area (Å²) < 4.78 is 0. The molecule has 0 saturated carbocycles. The number of likely N-dealkylation sites (tertiary alicyclic amines) is 1. The van der Waals surface area contributed by atoms with Gasteiger partial charge in [-0.15, -0.1) is 0 Å². The molecule has 0 aromatic carbocycles. The van der Waals surface area contributed by atoms with E-state index in [2.05, 4.69) is 20.2 Å². The minimum atomic E-state index is 0.522. The minimum Gasteiger partial charge on any atom is -0.316 e. The Hall–Kier alpha value is -0.710. The number of likely N-dealkylation sites (N-methyl/N-ethyl adjacent to an activating group) is 1. The fourth-order valence-corrected chi connectivity index (χ4v) is 2.27. The topological polar surface area (TPSA) is 41.0 Å². The molecule has 1 N–H and O–H groups in total. The van der Waals surface area contributed by atoms with Gasteiger partial charge in [-0.25, -0.2) is 4.98 Å². The zero-order chi connectivity index (χ0) is 11.4. The van der Waals surface area contributed by atoms with E-state index in [1.54, 1.807) is 12.4 Å². The molecule has 0 radical (unpaired) electrons. The monoisotopic (exact) mass is 240 g/mol. The van der Waals surface area contributed by atoms with Gasteiger partial charge >= 0.3 is 0 Å². The van der Waals surface area contributed by atoms with Crippen molar-refractivity contribution in [2.24, 2.45) is 0 Å². The number of halogens is 1. The van der Waals surface area contributed by atoms with Crippen molar-refractivity contribution < 1.29 is 0 Å². The number of nitrogens with zero attached hydrogens (tertiary/aromatic N) is 3. The summed E-state index contributed by atoms with van der Waals surface area (Å²) in [5, 5.41) is 3.85. The largest absolute Gasteiger partial charge is 0.316 e. The van der Waals surface area contributed by atoms with Gasteiger partial charge in [-0.3, -0.25) is 9.88 Å². The van der Waals surface area contributed by atoms with Gasteiger partial charge in [-0.1, -0.05) is 11.6 Å². The second kappa shape index (κ2) is 5.57. The van der Waals surface area contributed by atoms with Crippen molar-refractivity contribution in [2.45, 2.75) is 25.4 Å². The maximum absolute atomic E-state index is 6.00. The van der Waals surface area contributed by atoms with Crippen LogP contribution in [0.5, 0.6) is 0 Å². The Kier molecular flexibility index (Phi) is 4.09. The van der Waals surface area contributed by atoms with Crippen molar-refractivity contribution in [3.8, 4) is 0 Å². The maximum Gasteiger partial charge on any atom is 0.151 e. The molecule has 0 bridgehead atoms. The summed E-state index contributed by atoms with van der Waals surface area (Å²) >= 11 is 6.00. The highest BCUT2D eigenvalue weighted by atomic mass is 35.5. The summed E-state index contributed by atoms with van der Waals surface area (Å²) in [5.74, 6) is 0. The molecule has 1 saturated heterocycles. The van der Waals surface area contributed by atoms with Crippen LogP contribution in [0.1, 0.15) is 18.5 Å². The molecule has 0 amide bonds. The predicted octanol–water partition coefficient (Wildman–Crippen LogP) is 1.31. The molecule has 0 unspecified atom stereocenters. The van der Waals surface area contributed by atoms with Gasteiger partial charge < -0.3 is 5.32 Å². The van der Waals surface area contributed by atoms with Gasteiger partial charge in [-0.2, -0.15) is 0 Å². The summed E-state index contributed by atoms with van der Waals surface area (Å²) in [6, 6.07) is 0.587. The van der Waals surface area contributed by atoms with Crippen LogP contribution >= 0.6 is 11.6 Å². The number of aromatic nitrogens is 2. The number of hydrogen-bond acceptors (Lipinski definition) is 4. The third-order valence-electron chi connectivity index (χ3n) is 3.01. The first-order valence-electron chi connectivity index (χ1n) is 5.64. The van der Waals surface area contributed by atoms with Crippen LogP contribution in [0, 0.1) is 0 Å². The number of piperidine rings is 1. The van der Waals surface area contributed by atoms with E-state index < -0.39 is 0 Å². The fourth-order valence-electron chi connectivity index (χ4n) is 2.10. The van der Waals surface area contributed by atoms with Crippen molar-refractivity contribution in [3.63, 3.8) is 0 Å². The zero-order valence-corrected chi connectivity index (χ0v) is 10.2. The lowest BCUT2D eigenvalue weighted by Gasteiger charge is -2.32. The summed E-state index contributed by atoms with van der Waals surface area (Å²) in [4.78, 5) is 10.7. The molecule has 5 heteroatoms. The van der Waals surface area contributed by atoms with Gasteiger partial charge in [0.05, 0.1) is 5.69 Å². The van der Waals surface area contributed by atoms with Crippen molar-refractivity contribution in [1.29, 1.82) is 0 Å². The zero-order valence-electron chi connectivity index (χ0n) is 9.49. The third-order valence-corrected chi connectivity index (χ3v) is 3.33. The molecule has 2 rings (SSSR count). The molecular weight excluding hydrogens is 224 g/mol. The standard InChI is InChI=1S/C11H17ClN4/c1-13-9-3-2-6-16(7-9)8-10-11(12)15-5-4-14-10/h4-5,9,13H,2-3,6-8H2,1H3/t9-/m0/s1. The Morgan fingerprint density at radius 1 is 1.50 bits per heavy atom. The van der Waals surface area contributed by atoms with E-state index in [1.165, 1.54) is 12.8 Å². The molecule has 1 aromatic rings. The smallest absolute Gasteiger partial charge is 0.151 e. The van der Waals surface area contributed by atoms with Crippen LogP contribution in [0.2, 0.25) is 5.15 Å². The molecule has 0 aliphatic carbocycles. The van der Waals surface area contributed by atoms with E-state index in [1.807, 2.05) is 7.05 Å². The second-order valence-corrected chi connectivity index (χ2v) is 4.51. The molecular formula is C11H17ClN4. The first-order valence-corrected chi connectivity index (χ1v) is 6.02. The van der Waals surface area contributed by atoms with Crippen LogP contribution in [0.25, 0.3) is 0 Å². The van der Waals surface area contributed by atoms with Crippen molar-refractivity contribution in [1.82, 2.24) is 20.2 Å². The first-order chi connectivity index (χ1) is 7.79. The molecule has 1 aromatic heterocycles. The maximum atomic E-state index is 6.00. The van der Waals surface area contributed by atoms with E-state index >= 15 is 0 Å². The van der Waals surface area contributed by atoms with Crippen molar-refractivity contribution >= 4 is 11.6 Å². The molecule has 0 spiro atoms. The molecule has 1 atom stereocenters. The Bertz CT molecular complexity index is 345. The molecule has 2 heterocycles. The molecule has 4 nitrogen and oxygen atoms in total. The number of rotatable bonds is 3. The average Bonchev–Trinajstić information content (AvgIpc) is 2.32. The van der Waals surface area contributed by atoms with Crippen LogP contribution in [0.15, 0.2) is 12.4 Å². The van der Waals surface area contributed by atoms with E-state index in [4.69, 9.17) is 11.6 Å². The minimum absolute atomic E-state index is 0.522. The second-order valence-electron chi connectivity index (χ2n) is 4.16. The Morgan fingerprint density at radius 3 is 3.06 bits per heavy atom. The van der Waals surface area contributed by atoms with E-state index in [-0.39, 0.29) is 0 Å². The SMILES string of the molecule is CN[C@H]1CCCN(Cc2nccnc2Cl)C1. The Balaban J connectivity index is 1.97. The predicted molar refractivity (Wildman–Crippen MR) is 64.4 cm³/mol. The van der Waals surface area contributed by atoms with Crippen molar-refractivity contribution in [2.75, 3.05) is 20.1 Å². The highest BCUT2D eigenvalue weighted by Crippen LogP contribution is 2.15. The van der Waals surface area contributed by atoms with Gasteiger partial charge in [-0.05, 0) is 26.4 Å².